The maximum absolute atomic E-state index is 13.1. The molecule has 6 heteroatoms. The number of ether oxygens (including phenoxy) is 1. The molecule has 1 heterocycles. The number of rotatable bonds is 2. The SMILES string of the molecule is N#Cc1cnc(Oc2ccc(Cl)c(F)c2)cn1. The van der Waals surface area contributed by atoms with Crippen LogP contribution in [-0.2, 0) is 0 Å². The third-order valence-electron chi connectivity index (χ3n) is 1.86. The molecule has 4 nitrogen and oxygen atoms in total. The molecule has 1 aromatic heterocycles. The van der Waals surface area contributed by atoms with E-state index in [0.717, 1.165) is 6.07 Å². The van der Waals surface area contributed by atoms with E-state index in [9.17, 15) is 4.39 Å². The van der Waals surface area contributed by atoms with Gasteiger partial charge in [-0.2, -0.15) is 5.26 Å². The first-order chi connectivity index (χ1) is 8.19. The van der Waals surface area contributed by atoms with Gasteiger partial charge in [0.05, 0.1) is 17.4 Å². The molecule has 2 aromatic rings. The lowest BCUT2D eigenvalue weighted by Crippen LogP contribution is -1.91. The average Bonchev–Trinajstić information content (AvgIpc) is 2.35. The first-order valence-corrected chi connectivity index (χ1v) is 4.92. The standard InChI is InChI=1S/C11H5ClFN3O/c12-9-2-1-8(3-10(9)13)17-11-6-15-7(4-14)5-16-11/h1-3,5-6H. The van der Waals surface area contributed by atoms with Gasteiger partial charge in [0.15, 0.2) is 5.69 Å². The molecule has 0 fully saturated rings. The minimum Gasteiger partial charge on any atom is -0.437 e. The molecule has 1 aromatic carbocycles. The number of hydrogen-bond acceptors (Lipinski definition) is 4. The fourth-order valence-corrected chi connectivity index (χ4v) is 1.21. The predicted octanol–water partition coefficient (Wildman–Crippen LogP) is 2.93. The Bertz CT molecular complexity index is 580. The zero-order chi connectivity index (χ0) is 12.3. The summed E-state index contributed by atoms with van der Waals surface area (Å²) in [6.07, 6.45) is 2.55. The van der Waals surface area contributed by atoms with Crippen molar-refractivity contribution in [3.05, 3.63) is 47.1 Å². The van der Waals surface area contributed by atoms with Gasteiger partial charge in [0.2, 0.25) is 5.88 Å². The summed E-state index contributed by atoms with van der Waals surface area (Å²) in [7, 11) is 0. The number of aromatic nitrogens is 2. The highest BCUT2D eigenvalue weighted by Gasteiger charge is 2.04. The van der Waals surface area contributed by atoms with Crippen molar-refractivity contribution in [3.63, 3.8) is 0 Å². The van der Waals surface area contributed by atoms with Crippen LogP contribution in [0.4, 0.5) is 4.39 Å². The Morgan fingerprint density at radius 3 is 2.71 bits per heavy atom. The van der Waals surface area contributed by atoms with Crippen LogP contribution in [0.5, 0.6) is 11.6 Å². The molecule has 0 amide bonds. The van der Waals surface area contributed by atoms with Crippen LogP contribution in [0.1, 0.15) is 5.69 Å². The molecule has 84 valence electrons. The lowest BCUT2D eigenvalue weighted by atomic mass is 10.3. The molecule has 0 aliphatic carbocycles. The van der Waals surface area contributed by atoms with Gasteiger partial charge in [-0.3, -0.25) is 0 Å². The van der Waals surface area contributed by atoms with E-state index in [1.165, 1.54) is 24.5 Å². The summed E-state index contributed by atoms with van der Waals surface area (Å²) >= 11 is 5.53. The number of benzene rings is 1. The summed E-state index contributed by atoms with van der Waals surface area (Å²) in [6.45, 7) is 0. The van der Waals surface area contributed by atoms with Gasteiger partial charge < -0.3 is 4.74 Å². The Labute approximate surface area is 101 Å². The lowest BCUT2D eigenvalue weighted by molar-refractivity contribution is 0.455. The van der Waals surface area contributed by atoms with E-state index in [1.807, 2.05) is 6.07 Å². The van der Waals surface area contributed by atoms with Crippen LogP contribution in [-0.4, -0.2) is 9.97 Å². The Kier molecular flexibility index (Phi) is 3.17. The van der Waals surface area contributed by atoms with Crippen LogP contribution in [0.3, 0.4) is 0 Å². The number of hydrogen-bond donors (Lipinski definition) is 0. The second-order valence-electron chi connectivity index (χ2n) is 3.03. The minimum atomic E-state index is -0.578. The molecule has 0 radical (unpaired) electrons. The number of halogens is 2. The molecule has 0 saturated carbocycles. The Hall–Kier alpha value is -2.19. The van der Waals surface area contributed by atoms with Crippen molar-refractivity contribution in [3.8, 4) is 17.7 Å². The maximum atomic E-state index is 13.1. The van der Waals surface area contributed by atoms with Crippen molar-refractivity contribution in [2.45, 2.75) is 0 Å². The first kappa shape index (κ1) is 11.3. The van der Waals surface area contributed by atoms with E-state index < -0.39 is 5.82 Å². The Balaban J connectivity index is 2.20. The quantitative estimate of drug-likeness (QED) is 0.821. The molecule has 0 bridgehead atoms. The van der Waals surface area contributed by atoms with Gasteiger partial charge in [-0.15, -0.1) is 0 Å². The van der Waals surface area contributed by atoms with Gasteiger partial charge in [-0.1, -0.05) is 11.6 Å². The van der Waals surface area contributed by atoms with Crippen molar-refractivity contribution < 1.29 is 9.13 Å². The summed E-state index contributed by atoms with van der Waals surface area (Å²) < 4.78 is 18.3. The fourth-order valence-electron chi connectivity index (χ4n) is 1.09. The monoisotopic (exact) mass is 249 g/mol. The van der Waals surface area contributed by atoms with E-state index >= 15 is 0 Å². The summed E-state index contributed by atoms with van der Waals surface area (Å²) in [5.41, 5.74) is 0.180. The number of nitrogens with zero attached hydrogens (tertiary/aromatic N) is 3. The summed E-state index contributed by atoms with van der Waals surface area (Å²) in [4.78, 5) is 7.60. The van der Waals surface area contributed by atoms with Crippen LogP contribution in [0, 0.1) is 17.1 Å². The third kappa shape index (κ3) is 2.68. The van der Waals surface area contributed by atoms with Crippen LogP contribution in [0.15, 0.2) is 30.6 Å². The normalized spacial score (nSPS) is 9.71. The van der Waals surface area contributed by atoms with Gasteiger partial charge in [-0.25, -0.2) is 14.4 Å². The van der Waals surface area contributed by atoms with E-state index in [-0.39, 0.29) is 22.3 Å². The van der Waals surface area contributed by atoms with Gasteiger partial charge in [-0.05, 0) is 12.1 Å². The molecule has 2 rings (SSSR count). The molecule has 0 aliphatic rings. The van der Waals surface area contributed by atoms with E-state index in [2.05, 4.69) is 9.97 Å². The van der Waals surface area contributed by atoms with E-state index in [1.54, 1.807) is 0 Å². The summed E-state index contributed by atoms with van der Waals surface area (Å²) in [5.74, 6) is -0.151. The molecule has 0 aliphatic heterocycles. The zero-order valence-electron chi connectivity index (χ0n) is 8.39. The van der Waals surface area contributed by atoms with Gasteiger partial charge >= 0.3 is 0 Å². The fraction of sp³-hybridized carbons (Fsp3) is 0. The molecule has 0 saturated heterocycles. The largest absolute Gasteiger partial charge is 0.437 e. The first-order valence-electron chi connectivity index (χ1n) is 4.54. The second kappa shape index (κ2) is 4.76. The van der Waals surface area contributed by atoms with Crippen LogP contribution >= 0.6 is 11.6 Å². The smallest absolute Gasteiger partial charge is 0.237 e. The molecular formula is C11H5ClFN3O. The van der Waals surface area contributed by atoms with Crippen LogP contribution in [0.25, 0.3) is 0 Å². The minimum absolute atomic E-state index is 0.0169. The topological polar surface area (TPSA) is 58.8 Å². The highest BCUT2D eigenvalue weighted by atomic mass is 35.5. The highest BCUT2D eigenvalue weighted by molar-refractivity contribution is 6.30. The lowest BCUT2D eigenvalue weighted by Gasteiger charge is -2.04. The van der Waals surface area contributed by atoms with Crippen molar-refractivity contribution >= 4 is 11.6 Å². The molecule has 0 spiro atoms. The number of nitriles is 1. The molecule has 0 atom stereocenters. The Morgan fingerprint density at radius 2 is 2.12 bits per heavy atom. The Morgan fingerprint density at radius 1 is 1.29 bits per heavy atom. The molecule has 17 heavy (non-hydrogen) atoms. The van der Waals surface area contributed by atoms with E-state index in [4.69, 9.17) is 21.6 Å². The van der Waals surface area contributed by atoms with Crippen molar-refractivity contribution in [1.82, 2.24) is 9.97 Å². The molecular weight excluding hydrogens is 245 g/mol. The maximum Gasteiger partial charge on any atom is 0.237 e. The zero-order valence-corrected chi connectivity index (χ0v) is 9.15. The summed E-state index contributed by atoms with van der Waals surface area (Å²) in [5, 5.41) is 8.54. The van der Waals surface area contributed by atoms with Crippen molar-refractivity contribution in [2.24, 2.45) is 0 Å². The van der Waals surface area contributed by atoms with Gasteiger partial charge in [0.25, 0.3) is 0 Å². The van der Waals surface area contributed by atoms with Crippen LogP contribution in [0.2, 0.25) is 5.02 Å². The van der Waals surface area contributed by atoms with Crippen molar-refractivity contribution in [1.29, 1.82) is 5.26 Å². The van der Waals surface area contributed by atoms with Gasteiger partial charge in [0.1, 0.15) is 17.6 Å². The highest BCUT2D eigenvalue weighted by Crippen LogP contribution is 2.23. The second-order valence-corrected chi connectivity index (χ2v) is 3.44. The predicted molar refractivity (Wildman–Crippen MR) is 58.2 cm³/mol. The van der Waals surface area contributed by atoms with Crippen LogP contribution < -0.4 is 4.74 Å². The third-order valence-corrected chi connectivity index (χ3v) is 2.16. The molecule has 0 unspecified atom stereocenters. The molecule has 0 N–H and O–H groups in total. The van der Waals surface area contributed by atoms with Crippen molar-refractivity contribution in [2.75, 3.05) is 0 Å². The summed E-state index contributed by atoms with van der Waals surface area (Å²) in [6, 6.07) is 5.85. The van der Waals surface area contributed by atoms with E-state index in [0.29, 0.717) is 0 Å². The average molecular weight is 250 g/mol. The van der Waals surface area contributed by atoms with Gasteiger partial charge in [0, 0.05) is 6.07 Å².